The average Bonchev–Trinajstić information content (AvgIpc) is 2.74. The highest BCUT2D eigenvalue weighted by Crippen LogP contribution is 2.26. The van der Waals surface area contributed by atoms with Crippen molar-refractivity contribution in [2.45, 2.75) is 38.6 Å². The third-order valence-corrected chi connectivity index (χ3v) is 3.18. The van der Waals surface area contributed by atoms with Crippen molar-refractivity contribution in [3.05, 3.63) is 0 Å². The van der Waals surface area contributed by atoms with Crippen molar-refractivity contribution >= 4 is 11.9 Å². The molecule has 0 bridgehead atoms. The van der Waals surface area contributed by atoms with Crippen LogP contribution in [0.4, 0.5) is 0 Å². The number of carbonyl (C=O) groups excluding carboxylic acids is 2. The van der Waals surface area contributed by atoms with Gasteiger partial charge in [-0.2, -0.15) is 0 Å². The second-order valence-electron chi connectivity index (χ2n) is 4.61. The summed E-state index contributed by atoms with van der Waals surface area (Å²) in [5, 5.41) is 0. The molecule has 1 saturated carbocycles. The molecule has 0 saturated heterocycles. The predicted molar refractivity (Wildman–Crippen MR) is 64.2 cm³/mol. The Balaban J connectivity index is 2.56. The molecule has 0 aromatic rings. The lowest BCUT2D eigenvalue weighted by molar-refractivity contribution is -0.148. The molecule has 1 aliphatic rings. The maximum absolute atomic E-state index is 12.2. The van der Waals surface area contributed by atoms with E-state index in [1.54, 1.807) is 4.90 Å². The Morgan fingerprint density at radius 2 is 2.12 bits per heavy atom. The van der Waals surface area contributed by atoms with Gasteiger partial charge in [0.05, 0.1) is 7.11 Å². The zero-order chi connectivity index (χ0) is 12.8. The highest BCUT2D eigenvalue weighted by molar-refractivity contribution is 5.83. The van der Waals surface area contributed by atoms with Crippen molar-refractivity contribution in [2.24, 2.45) is 11.7 Å². The third kappa shape index (κ3) is 4.00. The maximum Gasteiger partial charge on any atom is 0.325 e. The zero-order valence-electron chi connectivity index (χ0n) is 10.6. The highest BCUT2D eigenvalue weighted by atomic mass is 16.5. The van der Waals surface area contributed by atoms with Gasteiger partial charge in [-0.1, -0.05) is 6.92 Å². The summed E-state index contributed by atoms with van der Waals surface area (Å²) in [5.41, 5.74) is 5.80. The van der Waals surface area contributed by atoms with Gasteiger partial charge < -0.3 is 15.4 Å². The molecule has 0 aliphatic heterocycles. The zero-order valence-corrected chi connectivity index (χ0v) is 10.6. The van der Waals surface area contributed by atoms with E-state index >= 15 is 0 Å². The normalized spacial score (nSPS) is 23.5. The van der Waals surface area contributed by atoms with E-state index in [9.17, 15) is 9.59 Å². The summed E-state index contributed by atoms with van der Waals surface area (Å²) < 4.78 is 4.60. The van der Waals surface area contributed by atoms with Gasteiger partial charge in [-0.15, -0.1) is 0 Å². The lowest BCUT2D eigenvalue weighted by Gasteiger charge is -2.24. The highest BCUT2D eigenvalue weighted by Gasteiger charge is 2.31. The molecule has 1 aliphatic carbocycles. The molecule has 1 amide bonds. The van der Waals surface area contributed by atoms with Crippen molar-refractivity contribution in [1.82, 2.24) is 4.90 Å². The number of ether oxygens (including phenoxy) is 1. The predicted octanol–water partition coefficient (Wildman–Crippen LogP) is 0.525. The fourth-order valence-electron chi connectivity index (χ4n) is 2.26. The first-order valence-corrected chi connectivity index (χ1v) is 6.19. The van der Waals surface area contributed by atoms with Crippen LogP contribution in [0.15, 0.2) is 0 Å². The number of nitrogens with two attached hydrogens (primary N) is 1. The Bertz CT molecular complexity index is 281. The van der Waals surface area contributed by atoms with Crippen LogP contribution in [0.1, 0.15) is 32.6 Å². The Kier molecular flexibility index (Phi) is 5.41. The second kappa shape index (κ2) is 6.59. The SMILES string of the molecule is CCCN(CC(=O)OC)C(=O)C1CCC(N)C1. The van der Waals surface area contributed by atoms with Crippen LogP contribution in [0.3, 0.4) is 0 Å². The summed E-state index contributed by atoms with van der Waals surface area (Å²) in [6, 6.07) is 0.130. The number of hydrogen-bond acceptors (Lipinski definition) is 4. The van der Waals surface area contributed by atoms with E-state index in [1.807, 2.05) is 6.92 Å². The molecule has 0 aromatic carbocycles. The first-order valence-electron chi connectivity index (χ1n) is 6.19. The van der Waals surface area contributed by atoms with E-state index in [1.165, 1.54) is 7.11 Å². The number of methoxy groups -OCH3 is 1. The summed E-state index contributed by atoms with van der Waals surface area (Å²) in [4.78, 5) is 25.0. The van der Waals surface area contributed by atoms with Gasteiger partial charge in [0.15, 0.2) is 0 Å². The lowest BCUT2D eigenvalue weighted by Crippen LogP contribution is -2.40. The molecule has 98 valence electrons. The van der Waals surface area contributed by atoms with E-state index in [0.29, 0.717) is 6.54 Å². The first kappa shape index (κ1) is 14.0. The minimum atomic E-state index is -0.367. The van der Waals surface area contributed by atoms with E-state index < -0.39 is 0 Å². The third-order valence-electron chi connectivity index (χ3n) is 3.18. The van der Waals surface area contributed by atoms with Crippen LogP contribution in [0.5, 0.6) is 0 Å². The monoisotopic (exact) mass is 242 g/mol. The summed E-state index contributed by atoms with van der Waals surface area (Å²) in [6.07, 6.45) is 3.30. The average molecular weight is 242 g/mol. The summed E-state index contributed by atoms with van der Waals surface area (Å²) >= 11 is 0. The molecule has 0 aromatic heterocycles. The number of carbonyl (C=O) groups is 2. The van der Waals surface area contributed by atoms with Gasteiger partial charge in [-0.05, 0) is 25.7 Å². The minimum absolute atomic E-state index is 0.0128. The molecule has 2 unspecified atom stereocenters. The van der Waals surface area contributed by atoms with Gasteiger partial charge in [0, 0.05) is 18.5 Å². The van der Waals surface area contributed by atoms with Crippen LogP contribution < -0.4 is 5.73 Å². The van der Waals surface area contributed by atoms with Crippen molar-refractivity contribution in [3.8, 4) is 0 Å². The quantitative estimate of drug-likeness (QED) is 0.714. The van der Waals surface area contributed by atoms with Gasteiger partial charge in [-0.3, -0.25) is 9.59 Å². The number of rotatable bonds is 5. The van der Waals surface area contributed by atoms with Crippen LogP contribution in [0, 0.1) is 5.92 Å². The van der Waals surface area contributed by atoms with Crippen molar-refractivity contribution in [1.29, 1.82) is 0 Å². The largest absolute Gasteiger partial charge is 0.468 e. The fourth-order valence-corrected chi connectivity index (χ4v) is 2.26. The fraction of sp³-hybridized carbons (Fsp3) is 0.833. The van der Waals surface area contributed by atoms with Gasteiger partial charge >= 0.3 is 5.97 Å². The summed E-state index contributed by atoms with van der Waals surface area (Å²) in [5.74, 6) is -0.333. The van der Waals surface area contributed by atoms with Gasteiger partial charge in [0.25, 0.3) is 0 Å². The number of amides is 1. The molecule has 1 fully saturated rings. The molecule has 5 nitrogen and oxygen atoms in total. The molecule has 2 N–H and O–H groups in total. The van der Waals surface area contributed by atoms with Gasteiger partial charge in [0.2, 0.25) is 5.91 Å². The number of nitrogens with zero attached hydrogens (tertiary/aromatic N) is 1. The Morgan fingerprint density at radius 1 is 1.41 bits per heavy atom. The summed E-state index contributed by atoms with van der Waals surface area (Å²) in [7, 11) is 1.34. The van der Waals surface area contributed by atoms with Crippen molar-refractivity contribution in [2.75, 3.05) is 20.2 Å². The minimum Gasteiger partial charge on any atom is -0.468 e. The van der Waals surface area contributed by atoms with Gasteiger partial charge in [-0.25, -0.2) is 0 Å². The van der Waals surface area contributed by atoms with E-state index in [2.05, 4.69) is 4.74 Å². The Labute approximate surface area is 102 Å². The molecule has 5 heteroatoms. The molecule has 0 spiro atoms. The molecule has 2 atom stereocenters. The summed E-state index contributed by atoms with van der Waals surface area (Å²) in [6.45, 7) is 2.63. The molecular formula is C12H22N2O3. The molecule has 17 heavy (non-hydrogen) atoms. The van der Waals surface area contributed by atoms with Crippen LogP contribution in [-0.2, 0) is 14.3 Å². The molecule has 0 heterocycles. The van der Waals surface area contributed by atoms with E-state index in [0.717, 1.165) is 25.7 Å². The van der Waals surface area contributed by atoms with Crippen LogP contribution in [0.2, 0.25) is 0 Å². The lowest BCUT2D eigenvalue weighted by atomic mass is 10.1. The van der Waals surface area contributed by atoms with Crippen LogP contribution in [0.25, 0.3) is 0 Å². The van der Waals surface area contributed by atoms with E-state index in [-0.39, 0.29) is 30.4 Å². The Hall–Kier alpha value is -1.10. The molecule has 0 radical (unpaired) electrons. The van der Waals surface area contributed by atoms with Crippen LogP contribution >= 0.6 is 0 Å². The number of esters is 1. The topological polar surface area (TPSA) is 72.6 Å². The standard InChI is InChI=1S/C12H22N2O3/c1-3-6-14(8-11(15)17-2)12(16)9-4-5-10(13)7-9/h9-10H,3-8,13H2,1-2H3. The van der Waals surface area contributed by atoms with Crippen molar-refractivity contribution < 1.29 is 14.3 Å². The van der Waals surface area contributed by atoms with E-state index in [4.69, 9.17) is 5.73 Å². The number of hydrogen-bond donors (Lipinski definition) is 1. The maximum atomic E-state index is 12.2. The Morgan fingerprint density at radius 3 is 2.59 bits per heavy atom. The first-order chi connectivity index (χ1) is 8.08. The smallest absolute Gasteiger partial charge is 0.325 e. The molecular weight excluding hydrogens is 220 g/mol. The second-order valence-corrected chi connectivity index (χ2v) is 4.61. The van der Waals surface area contributed by atoms with Gasteiger partial charge in [0.1, 0.15) is 6.54 Å². The van der Waals surface area contributed by atoms with Crippen molar-refractivity contribution in [3.63, 3.8) is 0 Å². The molecule has 1 rings (SSSR count). The van der Waals surface area contributed by atoms with Crippen LogP contribution in [-0.4, -0.2) is 43.0 Å².